The van der Waals surface area contributed by atoms with Crippen molar-refractivity contribution in [2.45, 2.75) is 33.6 Å². The average Bonchev–Trinajstić information content (AvgIpc) is 2.61. The molecular formula is C20H20N4O2. The van der Waals surface area contributed by atoms with E-state index in [1.165, 1.54) is 6.92 Å². The molecule has 26 heavy (non-hydrogen) atoms. The maximum Gasteiger partial charge on any atom is 0.222 e. The van der Waals surface area contributed by atoms with Gasteiger partial charge in [-0.1, -0.05) is 6.92 Å². The van der Waals surface area contributed by atoms with Crippen LogP contribution >= 0.6 is 0 Å². The molecule has 1 amide bonds. The Morgan fingerprint density at radius 2 is 1.85 bits per heavy atom. The third kappa shape index (κ3) is 3.74. The third-order valence-electron chi connectivity index (χ3n) is 4.05. The predicted molar refractivity (Wildman–Crippen MR) is 101 cm³/mol. The van der Waals surface area contributed by atoms with Crippen molar-refractivity contribution in [2.24, 2.45) is 0 Å². The molecule has 3 rings (SSSR count). The van der Waals surface area contributed by atoms with Gasteiger partial charge in [0.2, 0.25) is 5.91 Å². The number of hydrogen-bond acceptors (Lipinski definition) is 5. The van der Waals surface area contributed by atoms with E-state index < -0.39 is 0 Å². The molecule has 0 unspecified atom stereocenters. The number of pyridine rings is 3. The van der Waals surface area contributed by atoms with Gasteiger partial charge in [-0.25, -0.2) is 4.98 Å². The number of hydrogen-bond donors (Lipinski definition) is 1. The number of rotatable bonds is 5. The minimum absolute atomic E-state index is 0.0634. The normalized spacial score (nSPS) is 10.7. The number of amides is 1. The van der Waals surface area contributed by atoms with E-state index in [0.29, 0.717) is 17.9 Å². The number of ketones is 1. The summed E-state index contributed by atoms with van der Waals surface area (Å²) in [5.74, 6) is 0.364. The van der Waals surface area contributed by atoms with Gasteiger partial charge in [-0.3, -0.25) is 19.6 Å². The number of carbonyl (C=O) groups is 2. The molecule has 0 aliphatic heterocycles. The summed E-state index contributed by atoms with van der Waals surface area (Å²) in [5.41, 5.74) is 4.06. The van der Waals surface area contributed by atoms with Crippen LogP contribution in [0, 0.1) is 6.92 Å². The van der Waals surface area contributed by atoms with Gasteiger partial charge in [0.05, 0.1) is 5.52 Å². The summed E-state index contributed by atoms with van der Waals surface area (Å²) in [6.07, 6.45) is 6.48. The zero-order chi connectivity index (χ0) is 18.7. The molecule has 6 nitrogen and oxygen atoms in total. The highest BCUT2D eigenvalue weighted by Gasteiger charge is 2.11. The lowest BCUT2D eigenvalue weighted by molar-refractivity contribution is -0.114. The van der Waals surface area contributed by atoms with Crippen molar-refractivity contribution in [1.29, 1.82) is 0 Å². The van der Waals surface area contributed by atoms with E-state index in [1.54, 1.807) is 24.7 Å². The quantitative estimate of drug-likeness (QED) is 0.706. The van der Waals surface area contributed by atoms with Gasteiger partial charge >= 0.3 is 0 Å². The Balaban J connectivity index is 1.95. The molecule has 0 aromatic carbocycles. The maximum absolute atomic E-state index is 12.0. The topological polar surface area (TPSA) is 84.8 Å². The van der Waals surface area contributed by atoms with Crippen molar-refractivity contribution in [3.8, 4) is 11.1 Å². The van der Waals surface area contributed by atoms with Gasteiger partial charge in [-0.05, 0) is 31.0 Å². The summed E-state index contributed by atoms with van der Waals surface area (Å²) in [5, 5.41) is 3.51. The molecule has 0 spiro atoms. The first kappa shape index (κ1) is 17.7. The highest BCUT2D eigenvalue weighted by atomic mass is 16.1. The second-order valence-electron chi connectivity index (χ2n) is 6.23. The Morgan fingerprint density at radius 1 is 1.04 bits per heavy atom. The smallest absolute Gasteiger partial charge is 0.222 e. The lowest BCUT2D eigenvalue weighted by Gasteiger charge is -2.09. The number of fused-ring (bicyclic) bond motifs is 1. The summed E-state index contributed by atoms with van der Waals surface area (Å²) in [7, 11) is 0. The Morgan fingerprint density at radius 3 is 2.54 bits per heavy atom. The number of carbonyl (C=O) groups excluding carboxylic acids is 2. The minimum atomic E-state index is -0.173. The average molecular weight is 348 g/mol. The van der Waals surface area contributed by atoms with Crippen molar-refractivity contribution < 1.29 is 9.59 Å². The fourth-order valence-electron chi connectivity index (χ4n) is 2.78. The van der Waals surface area contributed by atoms with Crippen LogP contribution in [0.1, 0.15) is 42.7 Å². The molecule has 132 valence electrons. The van der Waals surface area contributed by atoms with Crippen molar-refractivity contribution in [3.05, 3.63) is 48.0 Å². The first-order valence-corrected chi connectivity index (χ1v) is 8.51. The summed E-state index contributed by atoms with van der Waals surface area (Å²) >= 11 is 0. The number of nitrogens with zero attached hydrogens (tertiary/aromatic N) is 3. The highest BCUT2D eigenvalue weighted by molar-refractivity contribution is 5.95. The van der Waals surface area contributed by atoms with Crippen molar-refractivity contribution in [3.63, 3.8) is 0 Å². The second-order valence-corrected chi connectivity index (χ2v) is 6.23. The molecule has 0 atom stereocenters. The van der Waals surface area contributed by atoms with E-state index in [4.69, 9.17) is 0 Å². The molecule has 0 saturated heterocycles. The molecule has 3 heterocycles. The maximum atomic E-state index is 12.0. The van der Waals surface area contributed by atoms with Crippen LogP contribution in [0.3, 0.4) is 0 Å². The molecule has 1 N–H and O–H groups in total. The molecule has 0 radical (unpaired) electrons. The molecule has 0 bridgehead atoms. The Hall–Kier alpha value is -3.15. The number of aryl methyl sites for hydroxylation is 1. The fraction of sp³-hybridized carbons (Fsp3) is 0.250. The SMILES string of the molecule is CCCC(=O)c1cc(C)c(-c2cnc3cc(NC(C)=O)ncc3c2)cn1. The lowest BCUT2D eigenvalue weighted by atomic mass is 10.0. The molecule has 0 aliphatic carbocycles. The van der Waals surface area contributed by atoms with E-state index in [1.807, 2.05) is 26.0 Å². The standard InChI is InChI=1S/C20H20N4O2/c1-4-5-19(26)18-6-12(2)16(11-22-18)14-7-15-10-23-20(24-13(3)25)8-17(15)21-9-14/h6-11H,4-5H2,1-3H3,(H,23,24,25). The first-order valence-electron chi connectivity index (χ1n) is 8.51. The van der Waals surface area contributed by atoms with E-state index >= 15 is 0 Å². The largest absolute Gasteiger partial charge is 0.311 e. The van der Waals surface area contributed by atoms with E-state index in [0.717, 1.165) is 34.0 Å². The summed E-state index contributed by atoms with van der Waals surface area (Å²) in [6, 6.07) is 5.54. The molecule has 3 aromatic rings. The van der Waals surface area contributed by atoms with Crippen LogP contribution in [0.5, 0.6) is 0 Å². The lowest BCUT2D eigenvalue weighted by Crippen LogP contribution is -2.07. The number of nitrogens with one attached hydrogen (secondary N) is 1. The zero-order valence-electron chi connectivity index (χ0n) is 15.0. The highest BCUT2D eigenvalue weighted by Crippen LogP contribution is 2.26. The molecule has 0 saturated carbocycles. The first-order chi connectivity index (χ1) is 12.5. The van der Waals surface area contributed by atoms with Gasteiger partial charge in [-0.2, -0.15) is 0 Å². The molecule has 0 fully saturated rings. The minimum Gasteiger partial charge on any atom is -0.311 e. The van der Waals surface area contributed by atoms with Gasteiger partial charge < -0.3 is 5.32 Å². The van der Waals surface area contributed by atoms with Crippen molar-refractivity contribution in [1.82, 2.24) is 15.0 Å². The summed E-state index contributed by atoms with van der Waals surface area (Å²) in [4.78, 5) is 36.2. The third-order valence-corrected chi connectivity index (χ3v) is 4.05. The van der Waals surface area contributed by atoms with Crippen LogP contribution in [0.25, 0.3) is 22.0 Å². The Labute approximate surface area is 151 Å². The Kier molecular flexibility index (Phi) is 5.02. The molecule has 3 aromatic heterocycles. The van der Waals surface area contributed by atoms with Crippen molar-refractivity contribution in [2.75, 3.05) is 5.32 Å². The fourth-order valence-corrected chi connectivity index (χ4v) is 2.78. The second kappa shape index (κ2) is 7.39. The van der Waals surface area contributed by atoms with E-state index in [9.17, 15) is 9.59 Å². The van der Waals surface area contributed by atoms with Crippen LogP contribution in [-0.4, -0.2) is 26.6 Å². The van der Waals surface area contributed by atoms with Crippen molar-refractivity contribution >= 4 is 28.4 Å². The predicted octanol–water partition coefficient (Wildman–Crippen LogP) is 3.94. The van der Waals surface area contributed by atoms with E-state index in [-0.39, 0.29) is 11.7 Å². The van der Waals surface area contributed by atoms with Gasteiger partial charge in [0.25, 0.3) is 0 Å². The van der Waals surface area contributed by atoms with Gasteiger partial charge in [0.15, 0.2) is 5.78 Å². The summed E-state index contributed by atoms with van der Waals surface area (Å²) < 4.78 is 0. The Bertz CT molecular complexity index is 998. The van der Waals surface area contributed by atoms with Gasteiger partial charge in [0.1, 0.15) is 11.5 Å². The van der Waals surface area contributed by atoms with Crippen LogP contribution in [0.2, 0.25) is 0 Å². The number of anilines is 1. The van der Waals surface area contributed by atoms with Crippen LogP contribution in [-0.2, 0) is 4.79 Å². The van der Waals surface area contributed by atoms with Crippen LogP contribution < -0.4 is 5.32 Å². The monoisotopic (exact) mass is 348 g/mol. The van der Waals surface area contributed by atoms with E-state index in [2.05, 4.69) is 20.3 Å². The summed E-state index contributed by atoms with van der Waals surface area (Å²) in [6.45, 7) is 5.38. The van der Waals surface area contributed by atoms with Crippen LogP contribution in [0.4, 0.5) is 5.82 Å². The van der Waals surface area contributed by atoms with Gasteiger partial charge in [-0.15, -0.1) is 0 Å². The molecular weight excluding hydrogens is 328 g/mol. The molecule has 6 heteroatoms. The van der Waals surface area contributed by atoms with Gasteiger partial charge in [0, 0.05) is 54.5 Å². The zero-order valence-corrected chi connectivity index (χ0v) is 15.0. The number of aromatic nitrogens is 3. The molecule has 0 aliphatic rings. The van der Waals surface area contributed by atoms with Crippen LogP contribution in [0.15, 0.2) is 36.8 Å². The number of Topliss-reactive ketones (excluding diaryl/α,β-unsaturated/α-hetero) is 1.